The second-order valence-electron chi connectivity index (χ2n) is 6.53. The van der Waals surface area contributed by atoms with Crippen molar-refractivity contribution in [2.75, 3.05) is 4.90 Å². The minimum Gasteiger partial charge on any atom is -0.406 e. The molecule has 1 heterocycles. The summed E-state index contributed by atoms with van der Waals surface area (Å²) < 4.78 is 40.8. The summed E-state index contributed by atoms with van der Waals surface area (Å²) in [5, 5.41) is 0. The minimum absolute atomic E-state index is 0.0645. The Bertz CT molecular complexity index is 967. The number of carbonyl (C=O) groups excluding carboxylic acids is 1. The van der Waals surface area contributed by atoms with Gasteiger partial charge in [-0.3, -0.25) is 9.69 Å². The van der Waals surface area contributed by atoms with Crippen LogP contribution in [0.5, 0.6) is 5.75 Å². The average Bonchev–Trinajstić information content (AvgIpc) is 2.66. The lowest BCUT2D eigenvalue weighted by molar-refractivity contribution is -0.274. The van der Waals surface area contributed by atoms with Gasteiger partial charge < -0.3 is 4.74 Å². The molecule has 6 heteroatoms. The summed E-state index contributed by atoms with van der Waals surface area (Å²) in [5.74, 6) is -0.457. The molecule has 3 aromatic rings. The molecular formula is C22H16F3NO2. The molecule has 4 rings (SSSR count). The number of anilines is 2. The molecule has 0 N–H and O–H groups in total. The molecule has 28 heavy (non-hydrogen) atoms. The van der Waals surface area contributed by atoms with Crippen molar-refractivity contribution >= 4 is 17.3 Å². The molecule has 0 saturated heterocycles. The third-order valence-corrected chi connectivity index (χ3v) is 4.61. The molecule has 0 bridgehead atoms. The van der Waals surface area contributed by atoms with Crippen molar-refractivity contribution in [2.45, 2.75) is 19.2 Å². The molecular weight excluding hydrogens is 367 g/mol. The van der Waals surface area contributed by atoms with Crippen LogP contribution in [-0.2, 0) is 17.6 Å². The van der Waals surface area contributed by atoms with Crippen molar-refractivity contribution in [3.8, 4) is 5.75 Å². The molecule has 0 unspecified atom stereocenters. The maximum atomic E-state index is 13.1. The first-order chi connectivity index (χ1) is 13.4. The van der Waals surface area contributed by atoms with Crippen LogP contribution in [-0.4, -0.2) is 12.3 Å². The third-order valence-electron chi connectivity index (χ3n) is 4.61. The standard InChI is InChI=1S/C22H16F3NO2/c23-22(24,25)28-18-11-9-15(10-12-18)13-21(27)26-19-7-3-1-5-16(19)14-17-6-2-4-8-20(17)26/h1-12H,13-14H2. The van der Waals surface area contributed by atoms with E-state index in [1.807, 2.05) is 48.5 Å². The molecule has 0 radical (unpaired) electrons. The number of para-hydroxylation sites is 2. The van der Waals surface area contributed by atoms with Gasteiger partial charge in [-0.25, -0.2) is 0 Å². The van der Waals surface area contributed by atoms with Crippen molar-refractivity contribution in [2.24, 2.45) is 0 Å². The number of benzene rings is 3. The molecule has 0 aliphatic carbocycles. The van der Waals surface area contributed by atoms with Crippen LogP contribution in [0.25, 0.3) is 0 Å². The summed E-state index contributed by atoms with van der Waals surface area (Å²) in [4.78, 5) is 14.8. The first-order valence-corrected chi connectivity index (χ1v) is 8.74. The van der Waals surface area contributed by atoms with E-state index in [4.69, 9.17) is 0 Å². The fraction of sp³-hybridized carbons (Fsp3) is 0.136. The van der Waals surface area contributed by atoms with E-state index < -0.39 is 6.36 Å². The minimum atomic E-state index is -4.74. The zero-order chi connectivity index (χ0) is 19.7. The van der Waals surface area contributed by atoms with Gasteiger partial charge in [-0.15, -0.1) is 13.2 Å². The first kappa shape index (κ1) is 18.1. The molecule has 1 amide bonds. The van der Waals surface area contributed by atoms with Gasteiger partial charge in [0.2, 0.25) is 5.91 Å². The Morgan fingerprint density at radius 2 is 1.39 bits per heavy atom. The van der Waals surface area contributed by atoms with E-state index in [-0.39, 0.29) is 18.1 Å². The molecule has 0 saturated carbocycles. The topological polar surface area (TPSA) is 29.5 Å². The van der Waals surface area contributed by atoms with Crippen LogP contribution in [0.3, 0.4) is 0 Å². The highest BCUT2D eigenvalue weighted by molar-refractivity contribution is 6.04. The lowest BCUT2D eigenvalue weighted by Gasteiger charge is -2.31. The quantitative estimate of drug-likeness (QED) is 0.606. The second-order valence-corrected chi connectivity index (χ2v) is 6.53. The van der Waals surface area contributed by atoms with E-state index in [2.05, 4.69) is 4.74 Å². The summed E-state index contributed by atoms with van der Waals surface area (Å²) in [6.07, 6.45) is -3.92. The summed E-state index contributed by atoms with van der Waals surface area (Å²) in [5.41, 5.74) is 4.40. The van der Waals surface area contributed by atoms with E-state index >= 15 is 0 Å². The summed E-state index contributed by atoms with van der Waals surface area (Å²) in [6.45, 7) is 0. The summed E-state index contributed by atoms with van der Waals surface area (Å²) >= 11 is 0. The van der Waals surface area contributed by atoms with Gasteiger partial charge in [0, 0.05) is 6.42 Å². The van der Waals surface area contributed by atoms with Gasteiger partial charge in [-0.1, -0.05) is 48.5 Å². The van der Waals surface area contributed by atoms with Crippen molar-refractivity contribution in [3.05, 3.63) is 89.5 Å². The van der Waals surface area contributed by atoms with Crippen LogP contribution >= 0.6 is 0 Å². The molecule has 0 aromatic heterocycles. The van der Waals surface area contributed by atoms with Crippen molar-refractivity contribution in [3.63, 3.8) is 0 Å². The normalized spacial score (nSPS) is 12.9. The Hall–Kier alpha value is -3.28. The van der Waals surface area contributed by atoms with Gasteiger partial charge in [0.25, 0.3) is 0 Å². The Labute approximate surface area is 160 Å². The van der Waals surface area contributed by atoms with Gasteiger partial charge in [-0.05, 0) is 41.0 Å². The number of halogens is 3. The zero-order valence-corrected chi connectivity index (χ0v) is 14.7. The molecule has 1 aliphatic heterocycles. The fourth-order valence-corrected chi connectivity index (χ4v) is 3.42. The highest BCUT2D eigenvalue weighted by atomic mass is 19.4. The predicted molar refractivity (Wildman–Crippen MR) is 99.7 cm³/mol. The number of amides is 1. The van der Waals surface area contributed by atoms with Gasteiger partial charge in [0.05, 0.1) is 17.8 Å². The van der Waals surface area contributed by atoms with Gasteiger partial charge in [0.1, 0.15) is 5.75 Å². The predicted octanol–water partition coefficient (Wildman–Crippen LogP) is 5.40. The van der Waals surface area contributed by atoms with Crippen LogP contribution in [0.1, 0.15) is 16.7 Å². The summed E-state index contributed by atoms with van der Waals surface area (Å²) in [7, 11) is 0. The number of rotatable bonds is 3. The van der Waals surface area contributed by atoms with Crippen LogP contribution in [0.15, 0.2) is 72.8 Å². The second kappa shape index (κ2) is 7.03. The Balaban J connectivity index is 1.60. The van der Waals surface area contributed by atoms with E-state index in [1.165, 1.54) is 24.3 Å². The van der Waals surface area contributed by atoms with Gasteiger partial charge >= 0.3 is 6.36 Å². The fourth-order valence-electron chi connectivity index (χ4n) is 3.42. The Kier molecular flexibility index (Phi) is 4.55. The van der Waals surface area contributed by atoms with Crippen LogP contribution in [0.2, 0.25) is 0 Å². The highest BCUT2D eigenvalue weighted by Gasteiger charge is 2.31. The van der Waals surface area contributed by atoms with Crippen LogP contribution < -0.4 is 9.64 Å². The third kappa shape index (κ3) is 3.71. The Morgan fingerprint density at radius 1 is 0.857 bits per heavy atom. The first-order valence-electron chi connectivity index (χ1n) is 8.74. The smallest absolute Gasteiger partial charge is 0.406 e. The average molecular weight is 383 g/mol. The number of hydrogen-bond acceptors (Lipinski definition) is 2. The molecule has 0 atom stereocenters. The van der Waals surface area contributed by atoms with Crippen LogP contribution in [0.4, 0.5) is 24.5 Å². The van der Waals surface area contributed by atoms with Crippen molar-refractivity contribution < 1.29 is 22.7 Å². The maximum absolute atomic E-state index is 13.1. The number of alkyl halides is 3. The lowest BCUT2D eigenvalue weighted by Crippen LogP contribution is -2.31. The molecule has 1 aliphatic rings. The van der Waals surface area contributed by atoms with Gasteiger partial charge in [-0.2, -0.15) is 0 Å². The van der Waals surface area contributed by atoms with E-state index in [0.717, 1.165) is 28.9 Å². The summed E-state index contributed by atoms with van der Waals surface area (Å²) in [6, 6.07) is 20.8. The number of fused-ring (bicyclic) bond motifs is 2. The lowest BCUT2D eigenvalue weighted by atomic mass is 9.95. The monoisotopic (exact) mass is 383 g/mol. The van der Waals surface area contributed by atoms with E-state index in [0.29, 0.717) is 5.56 Å². The SMILES string of the molecule is O=C(Cc1ccc(OC(F)(F)F)cc1)N1c2ccccc2Cc2ccccc21. The van der Waals surface area contributed by atoms with Crippen LogP contribution in [0, 0.1) is 0 Å². The molecule has 0 spiro atoms. The molecule has 3 aromatic carbocycles. The maximum Gasteiger partial charge on any atom is 0.573 e. The van der Waals surface area contributed by atoms with Gasteiger partial charge in [0.15, 0.2) is 0 Å². The number of hydrogen-bond donors (Lipinski definition) is 0. The van der Waals surface area contributed by atoms with Crippen molar-refractivity contribution in [1.29, 1.82) is 0 Å². The molecule has 3 nitrogen and oxygen atoms in total. The number of nitrogens with zero attached hydrogens (tertiary/aromatic N) is 1. The zero-order valence-electron chi connectivity index (χ0n) is 14.7. The highest BCUT2D eigenvalue weighted by Crippen LogP contribution is 2.38. The number of carbonyl (C=O) groups is 1. The van der Waals surface area contributed by atoms with Crippen molar-refractivity contribution in [1.82, 2.24) is 0 Å². The molecule has 142 valence electrons. The van der Waals surface area contributed by atoms with E-state index in [1.54, 1.807) is 4.90 Å². The van der Waals surface area contributed by atoms with E-state index in [9.17, 15) is 18.0 Å². The largest absolute Gasteiger partial charge is 0.573 e. The molecule has 0 fully saturated rings. The Morgan fingerprint density at radius 3 is 1.93 bits per heavy atom. The number of ether oxygens (including phenoxy) is 1.